The Hall–Kier alpha value is -2.10. The maximum Gasteiger partial charge on any atom is 0.324 e. The predicted octanol–water partition coefficient (Wildman–Crippen LogP) is -1.11. The first-order valence-corrected chi connectivity index (χ1v) is 3.42. The van der Waals surface area contributed by atoms with E-state index < -0.39 is 17.6 Å². The van der Waals surface area contributed by atoms with Crippen LogP contribution < -0.4 is 5.32 Å². The number of hydrogen-bond donors (Lipinski definition) is 2. The average molecular weight is 182 g/mol. The number of amides is 3. The quantitative estimate of drug-likeness (QED) is 0.304. The molecule has 2 N–H and O–H groups in total. The van der Waals surface area contributed by atoms with Crippen molar-refractivity contribution in [1.29, 1.82) is 5.26 Å². The van der Waals surface area contributed by atoms with E-state index in [0.717, 1.165) is 4.90 Å². The van der Waals surface area contributed by atoms with Crippen LogP contribution in [0.25, 0.3) is 0 Å². The molecule has 0 saturated carbocycles. The lowest BCUT2D eigenvalue weighted by Crippen LogP contribution is -2.38. The summed E-state index contributed by atoms with van der Waals surface area (Å²) in [6, 6.07) is 0.796. The van der Waals surface area contributed by atoms with Gasteiger partial charge in [-0.05, 0) is 0 Å². The number of imide groups is 1. The molecule has 7 nitrogen and oxygen atoms in total. The molecule has 1 aliphatic rings. The Morgan fingerprint density at radius 1 is 1.77 bits per heavy atom. The van der Waals surface area contributed by atoms with Gasteiger partial charge in [0.1, 0.15) is 6.07 Å². The van der Waals surface area contributed by atoms with E-state index in [1.807, 2.05) is 0 Å². The van der Waals surface area contributed by atoms with Crippen LogP contribution in [0.2, 0.25) is 0 Å². The van der Waals surface area contributed by atoms with Gasteiger partial charge in [-0.3, -0.25) is 9.69 Å². The number of carbonyl (C=O) groups excluding carboxylic acids is 2. The fourth-order valence-electron chi connectivity index (χ4n) is 0.906. The smallest absolute Gasteiger partial charge is 0.324 e. The lowest BCUT2D eigenvalue weighted by molar-refractivity contribution is -0.120. The zero-order chi connectivity index (χ0) is 9.84. The van der Waals surface area contributed by atoms with Crippen molar-refractivity contribution in [2.45, 2.75) is 0 Å². The van der Waals surface area contributed by atoms with E-state index in [1.54, 1.807) is 0 Å². The molecule has 1 heterocycles. The standard InChI is InChI=1S/C6H6N4O3/c7-3-4(9-13)5(11)10-2-1-8-6(10)12/h13H,1-2H2,(H,8,12). The number of nitrogens with one attached hydrogen (secondary N) is 1. The van der Waals surface area contributed by atoms with Crippen LogP contribution in [0.4, 0.5) is 4.79 Å². The molecule has 0 unspecified atom stereocenters. The lowest BCUT2D eigenvalue weighted by Gasteiger charge is -2.08. The Labute approximate surface area is 73.2 Å². The van der Waals surface area contributed by atoms with E-state index in [-0.39, 0.29) is 6.54 Å². The Morgan fingerprint density at radius 3 is 2.85 bits per heavy atom. The SMILES string of the molecule is N#CC(=NO)C(=O)N1CCNC1=O. The molecule has 0 aromatic rings. The zero-order valence-corrected chi connectivity index (χ0v) is 6.52. The second-order valence-corrected chi connectivity index (χ2v) is 2.25. The number of oxime groups is 1. The van der Waals surface area contributed by atoms with Crippen LogP contribution in [0.5, 0.6) is 0 Å². The van der Waals surface area contributed by atoms with Crippen molar-refractivity contribution in [3.8, 4) is 6.07 Å². The molecular formula is C6H6N4O3. The van der Waals surface area contributed by atoms with Gasteiger partial charge in [0.25, 0.3) is 5.91 Å². The van der Waals surface area contributed by atoms with Crippen molar-refractivity contribution in [3.05, 3.63) is 0 Å². The summed E-state index contributed by atoms with van der Waals surface area (Å²) in [5.74, 6) is -0.889. The van der Waals surface area contributed by atoms with E-state index in [2.05, 4.69) is 10.5 Å². The Morgan fingerprint density at radius 2 is 2.46 bits per heavy atom. The van der Waals surface area contributed by atoms with Crippen LogP contribution in [0.3, 0.4) is 0 Å². The minimum Gasteiger partial charge on any atom is -0.410 e. The van der Waals surface area contributed by atoms with E-state index >= 15 is 0 Å². The van der Waals surface area contributed by atoms with Crippen molar-refractivity contribution in [2.24, 2.45) is 5.16 Å². The highest BCUT2D eigenvalue weighted by atomic mass is 16.4. The minimum atomic E-state index is -0.889. The van der Waals surface area contributed by atoms with E-state index in [1.165, 1.54) is 6.07 Å². The Bertz CT molecular complexity index is 316. The average Bonchev–Trinajstić information content (AvgIpc) is 2.53. The largest absolute Gasteiger partial charge is 0.410 e. The molecule has 7 heteroatoms. The number of rotatable bonds is 1. The first kappa shape index (κ1) is 8.99. The highest BCUT2D eigenvalue weighted by Gasteiger charge is 2.29. The van der Waals surface area contributed by atoms with Gasteiger partial charge in [-0.2, -0.15) is 5.26 Å². The van der Waals surface area contributed by atoms with Gasteiger partial charge in [0.05, 0.1) is 0 Å². The number of carbonyl (C=O) groups is 2. The third-order valence-electron chi connectivity index (χ3n) is 1.51. The summed E-state index contributed by atoms with van der Waals surface area (Å²) < 4.78 is 0. The third kappa shape index (κ3) is 1.56. The molecule has 13 heavy (non-hydrogen) atoms. The van der Waals surface area contributed by atoms with Crippen LogP contribution in [0.15, 0.2) is 5.16 Å². The van der Waals surface area contributed by atoms with Crippen molar-refractivity contribution in [1.82, 2.24) is 10.2 Å². The summed E-state index contributed by atoms with van der Waals surface area (Å²) in [4.78, 5) is 22.9. The maximum absolute atomic E-state index is 11.2. The fourth-order valence-corrected chi connectivity index (χ4v) is 0.906. The highest BCUT2D eigenvalue weighted by molar-refractivity contribution is 6.46. The second-order valence-electron chi connectivity index (χ2n) is 2.25. The number of urea groups is 1. The monoisotopic (exact) mass is 182 g/mol. The third-order valence-corrected chi connectivity index (χ3v) is 1.51. The summed E-state index contributed by atoms with van der Waals surface area (Å²) in [5, 5.41) is 21.4. The van der Waals surface area contributed by atoms with Gasteiger partial charge >= 0.3 is 6.03 Å². The number of nitriles is 1. The molecule has 0 radical (unpaired) electrons. The summed E-state index contributed by atoms with van der Waals surface area (Å²) in [6.07, 6.45) is 0. The molecule has 1 saturated heterocycles. The molecule has 0 spiro atoms. The molecule has 0 bridgehead atoms. The van der Waals surface area contributed by atoms with Gasteiger partial charge in [0.2, 0.25) is 5.71 Å². The van der Waals surface area contributed by atoms with Gasteiger partial charge in [0, 0.05) is 13.1 Å². The normalized spacial score (nSPS) is 16.7. The van der Waals surface area contributed by atoms with Gasteiger partial charge in [-0.25, -0.2) is 4.79 Å². The molecule has 1 fully saturated rings. The molecule has 0 aromatic heterocycles. The van der Waals surface area contributed by atoms with Crippen LogP contribution >= 0.6 is 0 Å². The first-order valence-electron chi connectivity index (χ1n) is 3.42. The first-order chi connectivity index (χ1) is 6.20. The fraction of sp³-hybridized carbons (Fsp3) is 0.333. The van der Waals surface area contributed by atoms with Crippen LogP contribution in [0, 0.1) is 11.3 Å². The summed E-state index contributed by atoms with van der Waals surface area (Å²) >= 11 is 0. The summed E-state index contributed by atoms with van der Waals surface area (Å²) in [7, 11) is 0. The summed E-state index contributed by atoms with van der Waals surface area (Å²) in [5.41, 5.74) is -0.697. The molecule has 0 aliphatic carbocycles. The van der Waals surface area contributed by atoms with Gasteiger partial charge in [0.15, 0.2) is 0 Å². The minimum absolute atomic E-state index is 0.179. The number of hydrogen-bond acceptors (Lipinski definition) is 5. The van der Waals surface area contributed by atoms with E-state index in [9.17, 15) is 9.59 Å². The molecule has 0 atom stereocenters. The van der Waals surface area contributed by atoms with Gasteiger partial charge in [-0.1, -0.05) is 5.16 Å². The molecule has 3 amide bonds. The topological polar surface area (TPSA) is 106 Å². The molecule has 0 aromatic carbocycles. The Balaban J connectivity index is 2.79. The van der Waals surface area contributed by atoms with E-state index in [0.29, 0.717) is 6.54 Å². The highest BCUT2D eigenvalue weighted by Crippen LogP contribution is 1.98. The molecule has 1 rings (SSSR count). The zero-order valence-electron chi connectivity index (χ0n) is 6.52. The molecular weight excluding hydrogens is 176 g/mol. The van der Waals surface area contributed by atoms with Gasteiger partial charge in [-0.15, -0.1) is 0 Å². The molecule has 1 aliphatic heterocycles. The summed E-state index contributed by atoms with van der Waals surface area (Å²) in [6.45, 7) is 0.521. The number of nitrogens with zero attached hydrogens (tertiary/aromatic N) is 3. The van der Waals surface area contributed by atoms with Crippen molar-refractivity contribution in [3.63, 3.8) is 0 Å². The predicted molar refractivity (Wildman–Crippen MR) is 39.9 cm³/mol. The van der Waals surface area contributed by atoms with Crippen molar-refractivity contribution >= 4 is 17.6 Å². The van der Waals surface area contributed by atoms with Crippen LogP contribution in [-0.4, -0.2) is 40.8 Å². The second kappa shape index (κ2) is 3.53. The van der Waals surface area contributed by atoms with Crippen molar-refractivity contribution in [2.75, 3.05) is 13.1 Å². The van der Waals surface area contributed by atoms with Crippen LogP contribution in [-0.2, 0) is 4.79 Å². The Kier molecular flexibility index (Phi) is 2.44. The van der Waals surface area contributed by atoms with Gasteiger partial charge < -0.3 is 10.5 Å². The molecule has 68 valence electrons. The maximum atomic E-state index is 11.2. The van der Waals surface area contributed by atoms with Crippen molar-refractivity contribution < 1.29 is 14.8 Å². The van der Waals surface area contributed by atoms with E-state index in [4.69, 9.17) is 10.5 Å². The van der Waals surface area contributed by atoms with Crippen LogP contribution in [0.1, 0.15) is 0 Å². The lowest BCUT2D eigenvalue weighted by atomic mass is 10.3.